The topological polar surface area (TPSA) is 81.7 Å². The fourth-order valence-corrected chi connectivity index (χ4v) is 4.43. The fourth-order valence-electron chi connectivity index (χ4n) is 3.87. The second-order valence-electron chi connectivity index (χ2n) is 8.20. The van der Waals surface area contributed by atoms with Crippen LogP contribution in [0.2, 0.25) is 0 Å². The molecular weight excluding hydrogens is 436 g/mol. The molecular formula is C25H28N4O3S. The molecule has 0 unspecified atom stereocenters. The molecule has 3 aromatic rings. The Kier molecular flexibility index (Phi) is 6.96. The number of hydrogen-bond acceptors (Lipinski definition) is 5. The van der Waals surface area contributed by atoms with E-state index in [1.807, 2.05) is 30.3 Å². The Bertz CT molecular complexity index is 1170. The number of anilines is 3. The monoisotopic (exact) mass is 464 g/mol. The van der Waals surface area contributed by atoms with Crippen molar-refractivity contribution in [3.05, 3.63) is 90.0 Å². The number of sulfonamides is 1. The van der Waals surface area contributed by atoms with Crippen LogP contribution in [0.5, 0.6) is 0 Å². The molecule has 0 bridgehead atoms. The minimum atomic E-state index is -3.35. The molecule has 1 heterocycles. The van der Waals surface area contributed by atoms with Gasteiger partial charge in [0, 0.05) is 55.3 Å². The van der Waals surface area contributed by atoms with Crippen molar-refractivity contribution in [3.63, 3.8) is 0 Å². The summed E-state index contributed by atoms with van der Waals surface area (Å²) < 4.78 is 25.0. The number of amides is 1. The maximum absolute atomic E-state index is 12.5. The smallest absolute Gasteiger partial charge is 0.255 e. The van der Waals surface area contributed by atoms with Gasteiger partial charge in [0.1, 0.15) is 0 Å². The minimum Gasteiger partial charge on any atom is -0.369 e. The van der Waals surface area contributed by atoms with Crippen molar-refractivity contribution in [2.45, 2.75) is 6.54 Å². The number of rotatable bonds is 7. The predicted molar refractivity (Wildman–Crippen MR) is 133 cm³/mol. The first-order valence-electron chi connectivity index (χ1n) is 10.9. The standard InChI is InChI=1S/C25H28N4O3S/c1-33(31,32)27-23-9-7-21(8-10-23)25(30)26-22-11-13-24(14-12-22)29-17-15-28(16-18-29)19-20-5-3-2-4-6-20/h2-14,27H,15-19H2,1H3,(H,26,30). The Hall–Kier alpha value is -3.36. The molecule has 172 valence electrons. The average Bonchev–Trinajstić information content (AvgIpc) is 2.80. The van der Waals surface area contributed by atoms with Gasteiger partial charge in [-0.15, -0.1) is 0 Å². The lowest BCUT2D eigenvalue weighted by Crippen LogP contribution is -2.45. The van der Waals surface area contributed by atoms with Crippen molar-refractivity contribution in [1.82, 2.24) is 4.90 Å². The van der Waals surface area contributed by atoms with Gasteiger partial charge in [-0.25, -0.2) is 8.42 Å². The summed E-state index contributed by atoms with van der Waals surface area (Å²) in [4.78, 5) is 17.3. The number of carbonyl (C=O) groups is 1. The van der Waals surface area contributed by atoms with E-state index in [9.17, 15) is 13.2 Å². The third kappa shape index (κ3) is 6.57. The van der Waals surface area contributed by atoms with E-state index in [1.165, 1.54) is 5.56 Å². The average molecular weight is 465 g/mol. The molecule has 1 fully saturated rings. The Morgan fingerprint density at radius 1 is 0.818 bits per heavy atom. The molecule has 33 heavy (non-hydrogen) atoms. The van der Waals surface area contributed by atoms with Gasteiger partial charge in [0.15, 0.2) is 0 Å². The SMILES string of the molecule is CS(=O)(=O)Nc1ccc(C(=O)Nc2ccc(N3CCN(Cc4ccccc4)CC3)cc2)cc1. The quantitative estimate of drug-likeness (QED) is 0.558. The highest BCUT2D eigenvalue weighted by atomic mass is 32.2. The summed E-state index contributed by atoms with van der Waals surface area (Å²) >= 11 is 0. The molecule has 0 aromatic heterocycles. The molecule has 1 aliphatic rings. The predicted octanol–water partition coefficient (Wildman–Crippen LogP) is 3.63. The first kappa shape index (κ1) is 22.8. The highest BCUT2D eigenvalue weighted by Gasteiger charge is 2.17. The summed E-state index contributed by atoms with van der Waals surface area (Å²) in [5.41, 5.74) is 4.07. The summed E-state index contributed by atoms with van der Waals surface area (Å²) in [6.07, 6.45) is 1.09. The molecule has 0 spiro atoms. The summed E-state index contributed by atoms with van der Waals surface area (Å²) in [7, 11) is -3.35. The molecule has 0 aliphatic carbocycles. The van der Waals surface area contributed by atoms with Gasteiger partial charge in [-0.3, -0.25) is 14.4 Å². The molecule has 4 rings (SSSR count). The summed E-state index contributed by atoms with van der Waals surface area (Å²) in [6, 6.07) is 24.7. The molecule has 2 N–H and O–H groups in total. The van der Waals surface area contributed by atoms with Gasteiger partial charge in [-0.2, -0.15) is 0 Å². The molecule has 1 aliphatic heterocycles. The summed E-state index contributed by atoms with van der Waals surface area (Å²) in [5.74, 6) is -0.247. The Morgan fingerprint density at radius 3 is 2.03 bits per heavy atom. The van der Waals surface area contributed by atoms with Crippen molar-refractivity contribution in [1.29, 1.82) is 0 Å². The number of nitrogens with one attached hydrogen (secondary N) is 2. The van der Waals surface area contributed by atoms with E-state index in [0.29, 0.717) is 16.9 Å². The number of piperazine rings is 1. The molecule has 1 amide bonds. The highest BCUT2D eigenvalue weighted by molar-refractivity contribution is 7.92. The van der Waals surface area contributed by atoms with Crippen molar-refractivity contribution in [2.24, 2.45) is 0 Å². The van der Waals surface area contributed by atoms with E-state index in [-0.39, 0.29) is 5.91 Å². The molecule has 8 heteroatoms. The van der Waals surface area contributed by atoms with Crippen LogP contribution in [0, 0.1) is 0 Å². The number of benzene rings is 3. The van der Waals surface area contributed by atoms with Gasteiger partial charge >= 0.3 is 0 Å². The second-order valence-corrected chi connectivity index (χ2v) is 9.95. The van der Waals surface area contributed by atoms with Crippen LogP contribution < -0.4 is 14.9 Å². The first-order chi connectivity index (χ1) is 15.9. The van der Waals surface area contributed by atoms with Crippen LogP contribution >= 0.6 is 0 Å². The van der Waals surface area contributed by atoms with Crippen LogP contribution in [-0.2, 0) is 16.6 Å². The van der Waals surface area contributed by atoms with Gasteiger partial charge < -0.3 is 10.2 Å². The van der Waals surface area contributed by atoms with Gasteiger partial charge in [-0.1, -0.05) is 30.3 Å². The lowest BCUT2D eigenvalue weighted by Gasteiger charge is -2.36. The molecule has 0 saturated carbocycles. The van der Waals surface area contributed by atoms with Crippen LogP contribution in [-0.4, -0.2) is 51.7 Å². The van der Waals surface area contributed by atoms with E-state index in [1.54, 1.807) is 24.3 Å². The lowest BCUT2D eigenvalue weighted by atomic mass is 10.1. The van der Waals surface area contributed by atoms with Gasteiger partial charge in [0.25, 0.3) is 5.91 Å². The largest absolute Gasteiger partial charge is 0.369 e. The lowest BCUT2D eigenvalue weighted by molar-refractivity contribution is 0.102. The third-order valence-electron chi connectivity index (χ3n) is 5.56. The van der Waals surface area contributed by atoms with Crippen molar-refractivity contribution in [2.75, 3.05) is 47.4 Å². The molecule has 0 atom stereocenters. The highest BCUT2D eigenvalue weighted by Crippen LogP contribution is 2.21. The number of nitrogens with zero attached hydrogens (tertiary/aromatic N) is 2. The Labute approximate surface area is 195 Å². The van der Waals surface area contributed by atoms with Crippen molar-refractivity contribution in [3.8, 4) is 0 Å². The molecule has 3 aromatic carbocycles. The molecule has 1 saturated heterocycles. The van der Waals surface area contributed by atoms with E-state index < -0.39 is 10.0 Å². The third-order valence-corrected chi connectivity index (χ3v) is 6.17. The molecule has 7 nitrogen and oxygen atoms in total. The van der Waals surface area contributed by atoms with Crippen molar-refractivity contribution < 1.29 is 13.2 Å². The van der Waals surface area contributed by atoms with Crippen LogP contribution in [0.15, 0.2) is 78.9 Å². The van der Waals surface area contributed by atoms with Crippen LogP contribution in [0.4, 0.5) is 17.1 Å². The van der Waals surface area contributed by atoms with Crippen molar-refractivity contribution >= 4 is 33.0 Å². The van der Waals surface area contributed by atoms with Gasteiger partial charge in [-0.05, 0) is 54.1 Å². The summed E-state index contributed by atoms with van der Waals surface area (Å²) in [6.45, 7) is 4.93. The Morgan fingerprint density at radius 2 is 1.42 bits per heavy atom. The van der Waals surface area contributed by atoms with Crippen LogP contribution in [0.25, 0.3) is 0 Å². The van der Waals surface area contributed by atoms with Gasteiger partial charge in [0.2, 0.25) is 10.0 Å². The summed E-state index contributed by atoms with van der Waals surface area (Å²) in [5, 5.41) is 2.89. The second kappa shape index (κ2) is 10.1. The fraction of sp³-hybridized carbons (Fsp3) is 0.240. The van der Waals surface area contributed by atoms with E-state index in [2.05, 4.69) is 44.1 Å². The molecule has 0 radical (unpaired) electrons. The number of carbonyl (C=O) groups excluding carboxylic acids is 1. The minimum absolute atomic E-state index is 0.247. The Balaban J connectivity index is 1.29. The van der Waals surface area contributed by atoms with Crippen LogP contribution in [0.1, 0.15) is 15.9 Å². The zero-order chi connectivity index (χ0) is 23.3. The maximum Gasteiger partial charge on any atom is 0.255 e. The van der Waals surface area contributed by atoms with Crippen LogP contribution in [0.3, 0.4) is 0 Å². The van der Waals surface area contributed by atoms with E-state index in [0.717, 1.165) is 44.7 Å². The zero-order valence-corrected chi connectivity index (χ0v) is 19.4. The van der Waals surface area contributed by atoms with E-state index in [4.69, 9.17) is 0 Å². The number of hydrogen-bond donors (Lipinski definition) is 2. The normalized spacial score (nSPS) is 14.6. The maximum atomic E-state index is 12.5. The van der Waals surface area contributed by atoms with E-state index >= 15 is 0 Å². The zero-order valence-electron chi connectivity index (χ0n) is 18.6. The first-order valence-corrected chi connectivity index (χ1v) is 12.8. The van der Waals surface area contributed by atoms with Gasteiger partial charge in [0.05, 0.1) is 6.26 Å².